The van der Waals surface area contributed by atoms with Crippen molar-refractivity contribution in [3.8, 4) is 0 Å². The second-order valence-corrected chi connectivity index (χ2v) is 8.19. The van der Waals surface area contributed by atoms with Crippen LogP contribution in [0.15, 0.2) is 12.5 Å². The fraction of sp³-hybridized carbons (Fsp3) is 0.667. The van der Waals surface area contributed by atoms with Crippen LogP contribution in [-0.2, 0) is 25.6 Å². The minimum atomic E-state index is -1.16. The Kier molecular flexibility index (Phi) is 12.1. The first-order valence-electron chi connectivity index (χ1n) is 11.2. The maximum Gasteiger partial charge on any atom is 0.326 e. The normalized spacial score (nSPS) is 15.5. The number of imidazole rings is 1. The lowest BCUT2D eigenvalue weighted by molar-refractivity contribution is -0.143. The summed E-state index contributed by atoms with van der Waals surface area (Å²) in [6, 6.07) is -3.93. The molecule has 186 valence electrons. The van der Waals surface area contributed by atoms with Gasteiger partial charge in [0.05, 0.1) is 12.4 Å². The van der Waals surface area contributed by atoms with Gasteiger partial charge >= 0.3 is 5.97 Å². The predicted molar refractivity (Wildman–Crippen MR) is 122 cm³/mol. The average Bonchev–Trinajstić information content (AvgIpc) is 3.28. The molecule has 0 aliphatic rings. The number of H-pyrrole nitrogens is 1. The number of unbranched alkanes of at least 4 members (excludes halogenated alkanes) is 1. The number of nitrogens with two attached hydrogens (primary N) is 2. The van der Waals surface area contributed by atoms with E-state index in [0.717, 1.165) is 0 Å². The predicted octanol–water partition coefficient (Wildman–Crippen LogP) is -0.986. The Labute approximate surface area is 193 Å². The summed E-state index contributed by atoms with van der Waals surface area (Å²) in [5.74, 6) is -3.16. The molecule has 12 nitrogen and oxygen atoms in total. The Morgan fingerprint density at radius 2 is 1.73 bits per heavy atom. The molecule has 12 heteroatoms. The van der Waals surface area contributed by atoms with E-state index in [1.54, 1.807) is 6.92 Å². The van der Waals surface area contributed by atoms with Gasteiger partial charge in [-0.25, -0.2) is 9.78 Å². The van der Waals surface area contributed by atoms with E-state index in [2.05, 4.69) is 25.9 Å². The van der Waals surface area contributed by atoms with Crippen molar-refractivity contribution in [1.82, 2.24) is 25.9 Å². The van der Waals surface area contributed by atoms with Crippen LogP contribution in [0.1, 0.15) is 52.1 Å². The zero-order valence-corrected chi connectivity index (χ0v) is 19.5. The number of carboxylic acids is 1. The van der Waals surface area contributed by atoms with Crippen LogP contribution in [0.2, 0.25) is 0 Å². The van der Waals surface area contributed by atoms with Crippen LogP contribution in [0.5, 0.6) is 0 Å². The van der Waals surface area contributed by atoms with Gasteiger partial charge < -0.3 is 37.5 Å². The van der Waals surface area contributed by atoms with E-state index in [9.17, 15) is 24.3 Å². The van der Waals surface area contributed by atoms with E-state index in [0.29, 0.717) is 31.5 Å². The molecule has 33 heavy (non-hydrogen) atoms. The minimum absolute atomic E-state index is 0.107. The molecule has 1 heterocycles. The summed E-state index contributed by atoms with van der Waals surface area (Å²) in [6.45, 7) is 5.55. The SMILES string of the molecule is CCC(C)C(NC(=O)C(Cc1cnc[nH]1)NC(=O)C(C)N)C(=O)NC(CCCCN)C(=O)O. The summed E-state index contributed by atoms with van der Waals surface area (Å²) in [7, 11) is 0. The van der Waals surface area contributed by atoms with Gasteiger partial charge in [0.2, 0.25) is 17.7 Å². The Morgan fingerprint density at radius 3 is 2.24 bits per heavy atom. The molecule has 0 bridgehead atoms. The van der Waals surface area contributed by atoms with Crippen LogP contribution in [0.3, 0.4) is 0 Å². The first-order valence-corrected chi connectivity index (χ1v) is 11.2. The largest absolute Gasteiger partial charge is 0.480 e. The molecule has 5 unspecified atom stereocenters. The molecule has 0 aliphatic carbocycles. The number of aromatic amines is 1. The first-order chi connectivity index (χ1) is 15.6. The summed E-state index contributed by atoms with van der Waals surface area (Å²) < 4.78 is 0. The smallest absolute Gasteiger partial charge is 0.326 e. The average molecular weight is 468 g/mol. The molecular weight excluding hydrogens is 430 g/mol. The van der Waals surface area contributed by atoms with Crippen molar-refractivity contribution in [2.24, 2.45) is 17.4 Å². The number of aliphatic carboxylic acids is 1. The second-order valence-electron chi connectivity index (χ2n) is 8.19. The molecule has 1 aromatic rings. The molecule has 5 atom stereocenters. The molecule has 9 N–H and O–H groups in total. The molecule has 1 aromatic heterocycles. The third kappa shape index (κ3) is 9.58. The lowest BCUT2D eigenvalue weighted by Gasteiger charge is -2.28. The van der Waals surface area contributed by atoms with Gasteiger partial charge in [-0.3, -0.25) is 14.4 Å². The van der Waals surface area contributed by atoms with Crippen molar-refractivity contribution in [3.63, 3.8) is 0 Å². The molecule has 0 saturated heterocycles. The van der Waals surface area contributed by atoms with Crippen LogP contribution in [0, 0.1) is 5.92 Å². The summed E-state index contributed by atoms with van der Waals surface area (Å²) >= 11 is 0. The molecule has 3 amide bonds. The third-order valence-electron chi connectivity index (χ3n) is 5.38. The Morgan fingerprint density at radius 1 is 1.06 bits per heavy atom. The number of aromatic nitrogens is 2. The van der Waals surface area contributed by atoms with Gasteiger partial charge in [-0.1, -0.05) is 20.3 Å². The van der Waals surface area contributed by atoms with E-state index in [1.165, 1.54) is 19.4 Å². The van der Waals surface area contributed by atoms with Crippen LogP contribution < -0.4 is 27.4 Å². The van der Waals surface area contributed by atoms with Gasteiger partial charge in [-0.05, 0) is 38.6 Å². The van der Waals surface area contributed by atoms with Crippen molar-refractivity contribution < 1.29 is 24.3 Å². The number of carbonyl (C=O) groups is 4. The maximum atomic E-state index is 13.1. The zero-order chi connectivity index (χ0) is 25.0. The van der Waals surface area contributed by atoms with Crippen LogP contribution in [0.4, 0.5) is 0 Å². The molecule has 0 aromatic carbocycles. The Hall–Kier alpha value is -2.99. The highest BCUT2D eigenvalue weighted by Gasteiger charge is 2.32. The molecule has 1 rings (SSSR count). The lowest BCUT2D eigenvalue weighted by atomic mass is 9.96. The topological polar surface area (TPSA) is 205 Å². The molecule has 0 spiro atoms. The third-order valence-corrected chi connectivity index (χ3v) is 5.38. The van der Waals surface area contributed by atoms with Crippen LogP contribution in [-0.4, -0.2) is 69.5 Å². The summed E-state index contributed by atoms with van der Waals surface area (Å²) in [6.07, 6.45) is 5.05. The summed E-state index contributed by atoms with van der Waals surface area (Å²) in [5.41, 5.74) is 11.7. The molecular formula is C21H37N7O5. The van der Waals surface area contributed by atoms with E-state index < -0.39 is 47.9 Å². The van der Waals surface area contributed by atoms with Gasteiger partial charge in [0, 0.05) is 18.3 Å². The van der Waals surface area contributed by atoms with Crippen molar-refractivity contribution in [3.05, 3.63) is 18.2 Å². The number of hydrogen-bond donors (Lipinski definition) is 7. The van der Waals surface area contributed by atoms with E-state index in [4.69, 9.17) is 11.5 Å². The van der Waals surface area contributed by atoms with E-state index >= 15 is 0 Å². The van der Waals surface area contributed by atoms with E-state index in [-0.39, 0.29) is 18.8 Å². The standard InChI is InChI=1S/C21H37N7O5/c1-4-12(2)17(20(31)26-15(21(32)33)7-5-6-8-22)28-19(30)16(27-18(29)13(3)23)9-14-10-24-11-25-14/h10-13,15-17H,4-9,22-23H2,1-3H3,(H,24,25)(H,26,31)(H,27,29)(H,28,30)(H,32,33). The monoisotopic (exact) mass is 467 g/mol. The van der Waals surface area contributed by atoms with Gasteiger partial charge in [0.1, 0.15) is 18.1 Å². The Balaban J connectivity index is 2.99. The number of amides is 3. The lowest BCUT2D eigenvalue weighted by Crippen LogP contribution is -2.59. The number of nitrogens with one attached hydrogen (secondary N) is 4. The van der Waals surface area contributed by atoms with Crippen molar-refractivity contribution in [2.75, 3.05) is 6.54 Å². The highest BCUT2D eigenvalue weighted by molar-refractivity contribution is 5.94. The molecule has 0 fully saturated rings. The highest BCUT2D eigenvalue weighted by atomic mass is 16.4. The zero-order valence-electron chi connectivity index (χ0n) is 19.5. The second kappa shape index (κ2) is 14.2. The molecule has 0 aliphatic heterocycles. The van der Waals surface area contributed by atoms with E-state index in [1.807, 2.05) is 6.92 Å². The molecule has 0 saturated carbocycles. The van der Waals surface area contributed by atoms with Crippen molar-refractivity contribution in [1.29, 1.82) is 0 Å². The highest BCUT2D eigenvalue weighted by Crippen LogP contribution is 2.11. The number of nitrogens with zero attached hydrogens (tertiary/aromatic N) is 1. The van der Waals surface area contributed by atoms with Crippen LogP contribution >= 0.6 is 0 Å². The summed E-state index contributed by atoms with van der Waals surface area (Å²) in [5, 5.41) is 17.3. The quantitative estimate of drug-likeness (QED) is 0.159. The van der Waals surface area contributed by atoms with Gasteiger partial charge in [-0.15, -0.1) is 0 Å². The maximum absolute atomic E-state index is 13.1. The fourth-order valence-electron chi connectivity index (χ4n) is 3.10. The summed E-state index contributed by atoms with van der Waals surface area (Å²) in [4.78, 5) is 56.5. The van der Waals surface area contributed by atoms with Gasteiger partial charge in [-0.2, -0.15) is 0 Å². The van der Waals surface area contributed by atoms with Crippen LogP contribution in [0.25, 0.3) is 0 Å². The Bertz CT molecular complexity index is 769. The first kappa shape index (κ1) is 28.0. The number of rotatable bonds is 15. The van der Waals surface area contributed by atoms with Crippen molar-refractivity contribution in [2.45, 2.75) is 77.0 Å². The number of hydrogen-bond acceptors (Lipinski definition) is 7. The van der Waals surface area contributed by atoms with Gasteiger partial charge in [0.15, 0.2) is 0 Å². The minimum Gasteiger partial charge on any atom is -0.480 e. The van der Waals surface area contributed by atoms with Crippen molar-refractivity contribution >= 4 is 23.7 Å². The number of carbonyl (C=O) groups excluding carboxylic acids is 3. The van der Waals surface area contributed by atoms with Gasteiger partial charge in [0.25, 0.3) is 0 Å². The number of carboxylic acid groups (broad SMARTS) is 1. The fourth-order valence-corrected chi connectivity index (χ4v) is 3.10. The molecule has 0 radical (unpaired) electrons.